The molecule has 0 saturated carbocycles. The maximum atomic E-state index is 12.4. The first-order chi connectivity index (χ1) is 9.09. The topological polar surface area (TPSA) is 54.5 Å². The fourth-order valence-corrected chi connectivity index (χ4v) is 3.60. The zero-order chi connectivity index (χ0) is 15.7. The van der Waals surface area contributed by atoms with Crippen molar-refractivity contribution in [2.24, 2.45) is 0 Å². The Hall–Kier alpha value is -0.490. The minimum Gasteiger partial charge on any atom is -0.336 e. The molecule has 112 valence electrons. The molecule has 0 aliphatic heterocycles. The van der Waals surface area contributed by atoms with Crippen LogP contribution in [0.4, 0.5) is 0 Å². The van der Waals surface area contributed by atoms with E-state index in [1.54, 1.807) is 4.90 Å². The van der Waals surface area contributed by atoms with Crippen molar-refractivity contribution >= 4 is 48.8 Å². The Morgan fingerprint density at radius 2 is 1.80 bits per heavy atom. The maximum absolute atomic E-state index is 12.4. The molecular formula is C12H14Cl3NO3S. The van der Waals surface area contributed by atoms with Gasteiger partial charge in [-0.15, -0.1) is 0 Å². The van der Waals surface area contributed by atoms with Crippen molar-refractivity contribution in [3.63, 3.8) is 0 Å². The molecule has 4 nitrogen and oxygen atoms in total. The van der Waals surface area contributed by atoms with Gasteiger partial charge in [-0.25, -0.2) is 8.42 Å². The van der Waals surface area contributed by atoms with Crippen LogP contribution in [0.3, 0.4) is 0 Å². The predicted octanol–water partition coefficient (Wildman–Crippen LogP) is 3.79. The van der Waals surface area contributed by atoms with Gasteiger partial charge in [-0.05, 0) is 32.9 Å². The average molecular weight is 359 g/mol. The van der Waals surface area contributed by atoms with Crippen molar-refractivity contribution in [3.8, 4) is 0 Å². The van der Waals surface area contributed by atoms with Gasteiger partial charge in [0.25, 0.3) is 15.0 Å². The van der Waals surface area contributed by atoms with Gasteiger partial charge < -0.3 is 4.90 Å². The highest BCUT2D eigenvalue weighted by Crippen LogP contribution is 2.31. The Bertz CT molecular complexity index is 629. The molecule has 0 spiro atoms. The Kier molecular flexibility index (Phi) is 5.72. The fourth-order valence-electron chi connectivity index (χ4n) is 1.78. The maximum Gasteiger partial charge on any atom is 0.262 e. The number of carbonyl (C=O) groups is 1. The first kappa shape index (κ1) is 17.6. The second-order valence-electron chi connectivity index (χ2n) is 4.39. The Morgan fingerprint density at radius 3 is 2.20 bits per heavy atom. The van der Waals surface area contributed by atoms with Crippen LogP contribution < -0.4 is 0 Å². The Labute approximate surface area is 133 Å². The quantitative estimate of drug-likeness (QED) is 0.769. The van der Waals surface area contributed by atoms with Crippen molar-refractivity contribution in [2.45, 2.75) is 31.7 Å². The van der Waals surface area contributed by atoms with Crippen LogP contribution in [-0.4, -0.2) is 31.8 Å². The summed E-state index contributed by atoms with van der Waals surface area (Å²) in [6.07, 6.45) is 0. The van der Waals surface area contributed by atoms with E-state index in [-0.39, 0.29) is 32.5 Å². The third-order valence-electron chi connectivity index (χ3n) is 2.74. The van der Waals surface area contributed by atoms with Crippen LogP contribution in [0.1, 0.15) is 31.1 Å². The smallest absolute Gasteiger partial charge is 0.262 e. The first-order valence-electron chi connectivity index (χ1n) is 5.84. The SMILES string of the molecule is CCN(C(=O)c1cc(S(=O)(=O)Cl)c(Cl)cc1Cl)C(C)C. The average Bonchev–Trinajstić information content (AvgIpc) is 2.27. The minimum absolute atomic E-state index is 0.0460. The third-order valence-corrected chi connectivity index (χ3v) is 4.84. The molecule has 0 atom stereocenters. The third kappa shape index (κ3) is 3.79. The standard InChI is InChI=1S/C12H14Cl3NO3S/c1-4-16(7(2)3)12(17)8-5-11(20(15,18)19)10(14)6-9(8)13/h5-7H,4H2,1-3H3. The molecule has 1 rings (SSSR count). The van der Waals surface area contributed by atoms with Gasteiger partial charge in [0.05, 0.1) is 15.6 Å². The normalized spacial score (nSPS) is 11.8. The number of rotatable bonds is 4. The van der Waals surface area contributed by atoms with Crippen LogP contribution in [0.25, 0.3) is 0 Å². The number of halogens is 3. The summed E-state index contributed by atoms with van der Waals surface area (Å²) in [7, 11) is 1.24. The largest absolute Gasteiger partial charge is 0.336 e. The highest BCUT2D eigenvalue weighted by atomic mass is 35.7. The summed E-state index contributed by atoms with van der Waals surface area (Å²) in [6.45, 7) is 5.99. The van der Waals surface area contributed by atoms with E-state index in [0.29, 0.717) is 6.54 Å². The highest BCUT2D eigenvalue weighted by Gasteiger charge is 2.24. The summed E-state index contributed by atoms with van der Waals surface area (Å²) in [4.78, 5) is 13.6. The van der Waals surface area contributed by atoms with Crippen molar-refractivity contribution in [1.29, 1.82) is 0 Å². The number of benzene rings is 1. The molecule has 0 fully saturated rings. The summed E-state index contributed by atoms with van der Waals surface area (Å²) in [5, 5.41) is -0.0303. The molecule has 0 aromatic heterocycles. The van der Waals surface area contributed by atoms with E-state index in [4.69, 9.17) is 33.9 Å². The van der Waals surface area contributed by atoms with E-state index in [2.05, 4.69) is 0 Å². The van der Waals surface area contributed by atoms with Crippen LogP contribution in [0.15, 0.2) is 17.0 Å². The molecule has 20 heavy (non-hydrogen) atoms. The highest BCUT2D eigenvalue weighted by molar-refractivity contribution is 8.13. The molecule has 0 saturated heterocycles. The zero-order valence-corrected chi connectivity index (χ0v) is 14.2. The molecule has 0 aliphatic rings. The Balaban J connectivity index is 3.43. The lowest BCUT2D eigenvalue weighted by Gasteiger charge is -2.25. The molecule has 8 heteroatoms. The molecular weight excluding hydrogens is 345 g/mol. The molecule has 0 N–H and O–H groups in total. The fraction of sp³-hybridized carbons (Fsp3) is 0.417. The molecule has 1 aromatic carbocycles. The van der Waals surface area contributed by atoms with E-state index < -0.39 is 9.05 Å². The van der Waals surface area contributed by atoms with Crippen molar-refractivity contribution < 1.29 is 13.2 Å². The second kappa shape index (κ2) is 6.52. The van der Waals surface area contributed by atoms with Gasteiger partial charge in [0.1, 0.15) is 4.90 Å². The van der Waals surface area contributed by atoms with Crippen LogP contribution in [0.5, 0.6) is 0 Å². The van der Waals surface area contributed by atoms with Gasteiger partial charge in [0.15, 0.2) is 0 Å². The monoisotopic (exact) mass is 357 g/mol. The summed E-state index contributed by atoms with van der Waals surface area (Å²) in [5.41, 5.74) is 0.0610. The molecule has 0 aliphatic carbocycles. The molecule has 0 heterocycles. The zero-order valence-electron chi connectivity index (χ0n) is 11.2. The van der Waals surface area contributed by atoms with Crippen LogP contribution in [0, 0.1) is 0 Å². The van der Waals surface area contributed by atoms with Crippen molar-refractivity contribution in [1.82, 2.24) is 4.90 Å². The number of nitrogens with zero attached hydrogens (tertiary/aromatic N) is 1. The number of hydrogen-bond donors (Lipinski definition) is 0. The van der Waals surface area contributed by atoms with Gasteiger partial charge in [-0.1, -0.05) is 23.2 Å². The van der Waals surface area contributed by atoms with E-state index in [9.17, 15) is 13.2 Å². The summed E-state index contributed by atoms with van der Waals surface area (Å²) in [6, 6.07) is 2.27. The summed E-state index contributed by atoms with van der Waals surface area (Å²) < 4.78 is 22.9. The van der Waals surface area contributed by atoms with Gasteiger partial charge in [0.2, 0.25) is 0 Å². The number of carbonyl (C=O) groups excluding carboxylic acids is 1. The van der Waals surface area contributed by atoms with Crippen molar-refractivity contribution in [2.75, 3.05) is 6.54 Å². The lowest BCUT2D eigenvalue weighted by Crippen LogP contribution is -2.36. The van der Waals surface area contributed by atoms with Crippen LogP contribution >= 0.6 is 33.9 Å². The molecule has 1 amide bonds. The van der Waals surface area contributed by atoms with E-state index in [1.165, 1.54) is 6.07 Å². The predicted molar refractivity (Wildman–Crippen MR) is 81.3 cm³/mol. The van der Waals surface area contributed by atoms with Crippen molar-refractivity contribution in [3.05, 3.63) is 27.7 Å². The number of hydrogen-bond acceptors (Lipinski definition) is 3. The van der Waals surface area contributed by atoms with Gasteiger partial charge >= 0.3 is 0 Å². The number of amides is 1. The minimum atomic E-state index is -4.05. The second-order valence-corrected chi connectivity index (χ2v) is 7.73. The summed E-state index contributed by atoms with van der Waals surface area (Å²) in [5.74, 6) is -0.370. The van der Waals surface area contributed by atoms with E-state index >= 15 is 0 Å². The molecule has 0 radical (unpaired) electrons. The van der Waals surface area contributed by atoms with Gasteiger partial charge in [-0.2, -0.15) is 0 Å². The molecule has 1 aromatic rings. The first-order valence-corrected chi connectivity index (χ1v) is 8.90. The summed E-state index contributed by atoms with van der Waals surface area (Å²) >= 11 is 11.8. The Morgan fingerprint density at radius 1 is 1.25 bits per heavy atom. The van der Waals surface area contributed by atoms with E-state index in [0.717, 1.165) is 6.07 Å². The lowest BCUT2D eigenvalue weighted by molar-refractivity contribution is 0.0717. The molecule has 0 unspecified atom stereocenters. The van der Waals surface area contributed by atoms with E-state index in [1.807, 2.05) is 20.8 Å². The van der Waals surface area contributed by atoms with Gasteiger partial charge in [-0.3, -0.25) is 4.79 Å². The van der Waals surface area contributed by atoms with Crippen LogP contribution in [0.2, 0.25) is 10.0 Å². The van der Waals surface area contributed by atoms with Crippen LogP contribution in [-0.2, 0) is 9.05 Å². The molecule has 0 bridgehead atoms. The lowest BCUT2D eigenvalue weighted by atomic mass is 10.1. The van der Waals surface area contributed by atoms with Gasteiger partial charge in [0, 0.05) is 23.3 Å².